The Hall–Kier alpha value is 0.0200. The lowest BCUT2D eigenvalue weighted by Crippen LogP contribution is -2.07. The Morgan fingerprint density at radius 1 is 1.09 bits per heavy atom. The first-order valence-electron chi connectivity index (χ1n) is 4.07. The van der Waals surface area contributed by atoms with E-state index in [1.54, 1.807) is 0 Å². The van der Waals surface area contributed by atoms with Gasteiger partial charge in [-0.15, -0.1) is 0 Å². The minimum atomic E-state index is 0.248. The van der Waals surface area contributed by atoms with Crippen molar-refractivity contribution >= 4 is 8.46 Å². The van der Waals surface area contributed by atoms with Gasteiger partial charge in [0.05, 0.1) is 0 Å². The number of rotatable bonds is 7. The van der Waals surface area contributed by atoms with Crippen molar-refractivity contribution in [3.63, 3.8) is 0 Å². The van der Waals surface area contributed by atoms with E-state index in [1.165, 1.54) is 0 Å². The summed E-state index contributed by atoms with van der Waals surface area (Å²) < 4.78 is 10.5. The molecule has 0 radical (unpaired) electrons. The van der Waals surface area contributed by atoms with E-state index in [-0.39, 0.29) is 14.1 Å². The van der Waals surface area contributed by atoms with Crippen LogP contribution >= 0.6 is 8.46 Å². The quantitative estimate of drug-likeness (QED) is 0.571. The Morgan fingerprint density at radius 2 is 1.55 bits per heavy atom. The van der Waals surface area contributed by atoms with E-state index in [1.807, 2.05) is 0 Å². The van der Waals surface area contributed by atoms with E-state index in [2.05, 4.69) is 0 Å². The molecule has 66 valence electrons. The van der Waals surface area contributed by atoms with Gasteiger partial charge in [0.1, 0.15) is 0 Å². The molecule has 0 saturated carbocycles. The van der Waals surface area contributed by atoms with E-state index in [0.717, 1.165) is 25.7 Å². The monoisotopic (exact) mass is 176 g/mol. The molecule has 0 atom stereocenters. The lowest BCUT2D eigenvalue weighted by atomic mass is 10.1. The van der Waals surface area contributed by atoms with Gasteiger partial charge in [-0.1, -0.05) is 0 Å². The van der Waals surface area contributed by atoms with Crippen molar-refractivity contribution < 1.29 is 4.57 Å². The summed E-state index contributed by atoms with van der Waals surface area (Å²) in [5.41, 5.74) is 10.9. The van der Waals surface area contributed by atoms with Crippen LogP contribution in [0.1, 0.15) is 25.7 Å². The molecule has 0 aliphatic carbocycles. The van der Waals surface area contributed by atoms with E-state index < -0.39 is 0 Å². The third-order valence-electron chi connectivity index (χ3n) is 1.63. The van der Waals surface area contributed by atoms with Gasteiger partial charge in [0, 0.05) is 5.66 Å². The van der Waals surface area contributed by atoms with Gasteiger partial charge in [-0.05, 0) is 38.8 Å². The van der Waals surface area contributed by atoms with Crippen molar-refractivity contribution in [2.45, 2.75) is 31.3 Å². The average molecular weight is 176 g/mol. The number of hydrogen-bond donors (Lipinski definition) is 2. The molecule has 0 fully saturated rings. The molecule has 0 heterocycles. The van der Waals surface area contributed by atoms with Gasteiger partial charge >= 0.3 is 0 Å². The number of hydrogen-bond acceptors (Lipinski definition) is 3. The Kier molecular flexibility index (Phi) is 8.13. The first-order valence-corrected chi connectivity index (χ1v) is 4.96. The van der Waals surface area contributed by atoms with E-state index in [0.29, 0.717) is 13.1 Å². The maximum Gasteiger partial charge on any atom is 0.158 e. The Labute approximate surface area is 69.7 Å². The molecular weight excluding hydrogens is 159 g/mol. The van der Waals surface area contributed by atoms with Crippen LogP contribution in [0.25, 0.3) is 0 Å². The second-order valence-electron chi connectivity index (χ2n) is 2.62. The zero-order chi connectivity index (χ0) is 8.53. The van der Waals surface area contributed by atoms with Crippen molar-refractivity contribution in [1.29, 1.82) is 0 Å². The fourth-order valence-corrected chi connectivity index (χ4v) is 1.53. The van der Waals surface area contributed by atoms with Gasteiger partial charge in [-0.25, -0.2) is 0 Å². The smallest absolute Gasteiger partial charge is 0.158 e. The molecule has 3 nitrogen and oxygen atoms in total. The lowest BCUT2D eigenvalue weighted by Gasteiger charge is -2.05. The third-order valence-corrected chi connectivity index (χ3v) is 2.45. The van der Waals surface area contributed by atoms with E-state index >= 15 is 0 Å². The van der Waals surface area contributed by atoms with Gasteiger partial charge in [-0.2, -0.15) is 0 Å². The van der Waals surface area contributed by atoms with Gasteiger partial charge in [0.2, 0.25) is 0 Å². The van der Waals surface area contributed by atoms with Crippen molar-refractivity contribution in [3.8, 4) is 0 Å². The molecule has 0 amide bonds. The van der Waals surface area contributed by atoms with Gasteiger partial charge in [-0.3, -0.25) is 4.57 Å². The highest BCUT2D eigenvalue weighted by molar-refractivity contribution is 7.24. The molecule has 0 aliphatic heterocycles. The number of nitrogens with two attached hydrogens (primary N) is 2. The molecule has 0 unspecified atom stereocenters. The maximum atomic E-state index is 10.5. The minimum absolute atomic E-state index is 0.248. The summed E-state index contributed by atoms with van der Waals surface area (Å²) in [4.78, 5) is 0. The average Bonchev–Trinajstić information content (AvgIpc) is 2.05. The summed E-state index contributed by atoms with van der Waals surface area (Å²) >= 11 is 0. The molecule has 0 bridgehead atoms. The summed E-state index contributed by atoms with van der Waals surface area (Å²) in [7, 11) is 0.248. The highest BCUT2D eigenvalue weighted by Crippen LogP contribution is 2.17. The van der Waals surface area contributed by atoms with Crippen LogP contribution in [0.5, 0.6) is 0 Å². The molecular formula is C7H17N2OP. The van der Waals surface area contributed by atoms with Gasteiger partial charge < -0.3 is 11.5 Å². The summed E-state index contributed by atoms with van der Waals surface area (Å²) in [5, 5.41) is 0. The predicted octanol–water partition coefficient (Wildman–Crippen LogP) is 1.12. The van der Waals surface area contributed by atoms with Crippen LogP contribution in [0.3, 0.4) is 0 Å². The van der Waals surface area contributed by atoms with Crippen LogP contribution in [0.15, 0.2) is 0 Å². The first kappa shape index (κ1) is 11.0. The van der Waals surface area contributed by atoms with Crippen LogP contribution in [0.4, 0.5) is 0 Å². The fraction of sp³-hybridized carbons (Fsp3) is 1.00. The van der Waals surface area contributed by atoms with Crippen LogP contribution in [-0.4, -0.2) is 18.7 Å². The normalized spacial score (nSPS) is 11.2. The first-order chi connectivity index (χ1) is 5.35. The Bertz CT molecular complexity index is 92.4. The zero-order valence-corrected chi connectivity index (χ0v) is 7.72. The molecule has 0 aliphatic rings. The van der Waals surface area contributed by atoms with Crippen molar-refractivity contribution in [2.75, 3.05) is 13.1 Å². The van der Waals surface area contributed by atoms with Crippen molar-refractivity contribution in [2.24, 2.45) is 11.5 Å². The third kappa shape index (κ3) is 6.42. The molecule has 11 heavy (non-hydrogen) atoms. The molecule has 0 aromatic carbocycles. The second-order valence-corrected chi connectivity index (χ2v) is 3.56. The summed E-state index contributed by atoms with van der Waals surface area (Å²) in [6.45, 7) is 1.38. The largest absolute Gasteiger partial charge is 0.330 e. The van der Waals surface area contributed by atoms with E-state index in [4.69, 9.17) is 11.5 Å². The molecule has 0 rings (SSSR count). The SMILES string of the molecule is NCCCC(CCCN)P=O. The highest BCUT2D eigenvalue weighted by Gasteiger charge is 2.06. The topological polar surface area (TPSA) is 69.1 Å². The van der Waals surface area contributed by atoms with Crippen LogP contribution in [-0.2, 0) is 4.57 Å². The summed E-state index contributed by atoms with van der Waals surface area (Å²) in [5.74, 6) is 0. The van der Waals surface area contributed by atoms with Crippen LogP contribution < -0.4 is 11.5 Å². The fourth-order valence-electron chi connectivity index (χ4n) is 0.957. The van der Waals surface area contributed by atoms with Crippen molar-refractivity contribution in [1.82, 2.24) is 0 Å². The van der Waals surface area contributed by atoms with Crippen molar-refractivity contribution in [3.05, 3.63) is 0 Å². The summed E-state index contributed by atoms with van der Waals surface area (Å²) in [6.07, 6.45) is 3.85. The van der Waals surface area contributed by atoms with Crippen LogP contribution in [0, 0.1) is 0 Å². The maximum absolute atomic E-state index is 10.5. The summed E-state index contributed by atoms with van der Waals surface area (Å²) in [6, 6.07) is 0. The predicted molar refractivity (Wildman–Crippen MR) is 48.0 cm³/mol. The highest BCUT2D eigenvalue weighted by atomic mass is 31.1. The van der Waals surface area contributed by atoms with Gasteiger partial charge in [0.15, 0.2) is 8.46 Å². The van der Waals surface area contributed by atoms with E-state index in [9.17, 15) is 4.57 Å². The molecule has 0 saturated heterocycles. The molecule has 0 spiro atoms. The Balaban J connectivity index is 3.33. The molecule has 4 N–H and O–H groups in total. The molecule has 4 heteroatoms. The lowest BCUT2D eigenvalue weighted by molar-refractivity contribution is 0.567. The molecule has 0 aromatic rings. The second kappa shape index (κ2) is 8.12. The minimum Gasteiger partial charge on any atom is -0.330 e. The van der Waals surface area contributed by atoms with Gasteiger partial charge in [0.25, 0.3) is 0 Å². The molecule has 0 aromatic heterocycles. The van der Waals surface area contributed by atoms with Crippen LogP contribution in [0.2, 0.25) is 0 Å². The Morgan fingerprint density at radius 3 is 1.82 bits per heavy atom. The standard InChI is InChI=1S/C7H17N2OP/c8-5-1-3-7(11-10)4-2-6-9/h7H,1-6,8-9H2. The zero-order valence-electron chi connectivity index (χ0n) is 6.83.